The SMILES string of the molecule is CCOc1ccc(S(=O)(=O)N(CC(=O)N(Cc2ccc(F)cc2)[C@@H](CC)C(=O)NC2CCCC2)c2ccc(C)cc2)cc1. The number of nitrogens with zero attached hydrogens (tertiary/aromatic N) is 2. The van der Waals surface area contributed by atoms with E-state index in [-0.39, 0.29) is 23.4 Å². The largest absolute Gasteiger partial charge is 0.494 e. The van der Waals surface area contributed by atoms with E-state index in [9.17, 15) is 22.4 Å². The molecule has 1 aliphatic carbocycles. The molecule has 0 heterocycles. The number of ether oxygens (including phenoxy) is 1. The lowest BCUT2D eigenvalue weighted by Gasteiger charge is -2.33. The van der Waals surface area contributed by atoms with Gasteiger partial charge in [0.2, 0.25) is 11.8 Å². The minimum atomic E-state index is -4.20. The van der Waals surface area contributed by atoms with Crippen LogP contribution in [0.5, 0.6) is 5.75 Å². The van der Waals surface area contributed by atoms with Gasteiger partial charge in [-0.15, -0.1) is 0 Å². The van der Waals surface area contributed by atoms with Crippen LogP contribution in [-0.2, 0) is 26.2 Å². The van der Waals surface area contributed by atoms with E-state index in [0.717, 1.165) is 35.6 Å². The molecule has 3 aromatic carbocycles. The van der Waals surface area contributed by atoms with Crippen molar-refractivity contribution in [3.05, 3.63) is 89.7 Å². The van der Waals surface area contributed by atoms with E-state index in [1.165, 1.54) is 29.2 Å². The van der Waals surface area contributed by atoms with Crippen LogP contribution in [0.25, 0.3) is 0 Å². The van der Waals surface area contributed by atoms with Crippen molar-refractivity contribution in [3.63, 3.8) is 0 Å². The van der Waals surface area contributed by atoms with Crippen LogP contribution in [0, 0.1) is 12.7 Å². The fourth-order valence-corrected chi connectivity index (χ4v) is 6.73. The van der Waals surface area contributed by atoms with Crippen molar-refractivity contribution >= 4 is 27.5 Å². The summed E-state index contributed by atoms with van der Waals surface area (Å²) in [4.78, 5) is 29.1. The quantitative estimate of drug-likeness (QED) is 0.273. The third kappa shape index (κ3) is 8.13. The standard InChI is InChI=1S/C33H40FN3O5S/c1-4-31(33(39)35-27-8-6-7-9-27)36(22-25-12-14-26(34)15-13-25)32(38)23-37(28-16-10-24(3)11-17-28)43(40,41)30-20-18-29(19-21-30)42-5-2/h10-21,27,31H,4-9,22-23H2,1-3H3,(H,35,39)/t31-/m0/s1. The van der Waals surface area contributed by atoms with E-state index >= 15 is 0 Å². The molecule has 1 fully saturated rings. The lowest BCUT2D eigenvalue weighted by molar-refractivity contribution is -0.140. The summed E-state index contributed by atoms with van der Waals surface area (Å²) < 4.78 is 48.3. The van der Waals surface area contributed by atoms with Crippen LogP contribution in [0.2, 0.25) is 0 Å². The predicted molar refractivity (Wildman–Crippen MR) is 165 cm³/mol. The Kier molecular flexibility index (Phi) is 10.8. The Balaban J connectivity index is 1.70. The average Bonchev–Trinajstić information content (AvgIpc) is 3.50. The zero-order valence-corrected chi connectivity index (χ0v) is 25.8. The minimum absolute atomic E-state index is 0.000399. The topological polar surface area (TPSA) is 96.0 Å². The van der Waals surface area contributed by atoms with Gasteiger partial charge in [-0.25, -0.2) is 12.8 Å². The number of sulfonamides is 1. The van der Waals surface area contributed by atoms with E-state index in [0.29, 0.717) is 30.0 Å². The number of aryl methyl sites for hydroxylation is 1. The van der Waals surface area contributed by atoms with Crippen molar-refractivity contribution in [2.75, 3.05) is 17.5 Å². The molecule has 0 radical (unpaired) electrons. The number of halogens is 1. The number of rotatable bonds is 13. The molecule has 4 rings (SSSR count). The van der Waals surface area contributed by atoms with E-state index < -0.39 is 34.3 Å². The summed E-state index contributed by atoms with van der Waals surface area (Å²) >= 11 is 0. The summed E-state index contributed by atoms with van der Waals surface area (Å²) in [7, 11) is -4.20. The molecule has 0 aromatic heterocycles. The lowest BCUT2D eigenvalue weighted by Crippen LogP contribution is -2.53. The highest BCUT2D eigenvalue weighted by Crippen LogP contribution is 2.27. The van der Waals surface area contributed by atoms with Crippen LogP contribution in [0.15, 0.2) is 77.7 Å². The van der Waals surface area contributed by atoms with Crippen LogP contribution in [0.1, 0.15) is 57.1 Å². The number of benzene rings is 3. The average molecular weight is 610 g/mol. The van der Waals surface area contributed by atoms with Crippen molar-refractivity contribution in [1.29, 1.82) is 0 Å². The fraction of sp³-hybridized carbons (Fsp3) is 0.394. The Bertz CT molecular complexity index is 1470. The molecule has 1 N–H and O–H groups in total. The molecule has 0 unspecified atom stereocenters. The van der Waals surface area contributed by atoms with Crippen molar-refractivity contribution in [2.24, 2.45) is 0 Å². The Morgan fingerprint density at radius 2 is 1.58 bits per heavy atom. The molecule has 3 aromatic rings. The van der Waals surface area contributed by atoms with Crippen molar-refractivity contribution in [2.45, 2.75) is 76.4 Å². The lowest BCUT2D eigenvalue weighted by atomic mass is 10.1. The van der Waals surface area contributed by atoms with Crippen molar-refractivity contribution in [3.8, 4) is 5.75 Å². The van der Waals surface area contributed by atoms with Crippen LogP contribution in [0.4, 0.5) is 10.1 Å². The molecule has 10 heteroatoms. The first-order valence-electron chi connectivity index (χ1n) is 14.8. The van der Waals surface area contributed by atoms with Crippen LogP contribution >= 0.6 is 0 Å². The second-order valence-corrected chi connectivity index (χ2v) is 12.7. The maximum Gasteiger partial charge on any atom is 0.264 e. The first-order valence-corrected chi connectivity index (χ1v) is 16.2. The molecule has 1 atom stereocenters. The Morgan fingerprint density at radius 1 is 0.953 bits per heavy atom. The zero-order valence-electron chi connectivity index (χ0n) is 25.0. The van der Waals surface area contributed by atoms with Gasteiger partial charge in [-0.2, -0.15) is 0 Å². The van der Waals surface area contributed by atoms with E-state index in [4.69, 9.17) is 4.74 Å². The number of nitrogens with one attached hydrogen (secondary N) is 1. The van der Waals surface area contributed by atoms with Gasteiger partial charge in [0.15, 0.2) is 0 Å². The van der Waals surface area contributed by atoms with E-state index in [2.05, 4.69) is 5.32 Å². The van der Waals surface area contributed by atoms with Gasteiger partial charge in [0.05, 0.1) is 17.2 Å². The molecule has 1 aliphatic rings. The molecule has 8 nitrogen and oxygen atoms in total. The predicted octanol–water partition coefficient (Wildman–Crippen LogP) is 5.59. The number of carbonyl (C=O) groups excluding carboxylic acids is 2. The highest BCUT2D eigenvalue weighted by atomic mass is 32.2. The van der Waals surface area contributed by atoms with E-state index in [1.54, 1.807) is 48.5 Å². The van der Waals surface area contributed by atoms with Gasteiger partial charge < -0.3 is 15.0 Å². The van der Waals surface area contributed by atoms with Crippen LogP contribution < -0.4 is 14.4 Å². The van der Waals surface area contributed by atoms with Gasteiger partial charge in [-0.3, -0.25) is 13.9 Å². The Hall–Kier alpha value is -3.92. The highest BCUT2D eigenvalue weighted by molar-refractivity contribution is 7.92. The molecule has 0 spiro atoms. The minimum Gasteiger partial charge on any atom is -0.494 e. The molecule has 2 amide bonds. The van der Waals surface area contributed by atoms with Crippen molar-refractivity contribution < 1.29 is 27.1 Å². The van der Waals surface area contributed by atoms with Gasteiger partial charge >= 0.3 is 0 Å². The summed E-state index contributed by atoms with van der Waals surface area (Å²) in [5.41, 5.74) is 1.87. The van der Waals surface area contributed by atoms with Gasteiger partial charge in [0.1, 0.15) is 24.2 Å². The zero-order chi connectivity index (χ0) is 31.0. The normalized spacial score (nSPS) is 14.2. The number of hydrogen-bond donors (Lipinski definition) is 1. The number of amides is 2. The molecule has 230 valence electrons. The number of carbonyl (C=O) groups is 2. The second-order valence-electron chi connectivity index (χ2n) is 10.8. The molecule has 0 aliphatic heterocycles. The highest BCUT2D eigenvalue weighted by Gasteiger charge is 2.34. The summed E-state index contributed by atoms with van der Waals surface area (Å²) in [6.07, 6.45) is 4.16. The molecular weight excluding hydrogens is 569 g/mol. The molecule has 1 saturated carbocycles. The van der Waals surface area contributed by atoms with Gasteiger partial charge in [-0.05, 0) is 87.2 Å². The summed E-state index contributed by atoms with van der Waals surface area (Å²) in [5, 5.41) is 3.09. The number of hydrogen-bond acceptors (Lipinski definition) is 5. The molecular formula is C33H40FN3O5S. The summed E-state index contributed by atoms with van der Waals surface area (Å²) in [6, 6.07) is 17.8. The Labute approximate surface area is 253 Å². The Morgan fingerprint density at radius 3 is 2.16 bits per heavy atom. The van der Waals surface area contributed by atoms with Gasteiger partial charge in [0, 0.05) is 12.6 Å². The maximum atomic E-state index is 14.2. The maximum absolute atomic E-state index is 14.2. The number of anilines is 1. The van der Waals surface area contributed by atoms with Gasteiger partial charge in [0.25, 0.3) is 10.0 Å². The molecule has 0 saturated heterocycles. The van der Waals surface area contributed by atoms with Crippen LogP contribution in [0.3, 0.4) is 0 Å². The second kappa shape index (κ2) is 14.5. The smallest absolute Gasteiger partial charge is 0.264 e. The molecule has 43 heavy (non-hydrogen) atoms. The van der Waals surface area contributed by atoms with Crippen LogP contribution in [-0.4, -0.2) is 50.4 Å². The molecule has 0 bridgehead atoms. The third-order valence-electron chi connectivity index (χ3n) is 7.68. The van der Waals surface area contributed by atoms with Crippen molar-refractivity contribution in [1.82, 2.24) is 10.2 Å². The first-order chi connectivity index (χ1) is 20.6. The fourth-order valence-electron chi connectivity index (χ4n) is 5.32. The monoisotopic (exact) mass is 609 g/mol. The van der Waals surface area contributed by atoms with Gasteiger partial charge in [-0.1, -0.05) is 49.6 Å². The summed E-state index contributed by atoms with van der Waals surface area (Å²) in [5.74, 6) is -0.711. The first kappa shape index (κ1) is 32.0. The van der Waals surface area contributed by atoms with E-state index in [1.807, 2.05) is 20.8 Å². The third-order valence-corrected chi connectivity index (χ3v) is 9.47. The summed E-state index contributed by atoms with van der Waals surface area (Å²) in [6.45, 7) is 5.46.